The molecule has 1 aromatic carbocycles. The molecule has 1 N–H and O–H groups in total. The lowest BCUT2D eigenvalue weighted by Gasteiger charge is -2.43. The predicted octanol–water partition coefficient (Wildman–Crippen LogP) is 3.03. The van der Waals surface area contributed by atoms with Crippen molar-refractivity contribution in [2.45, 2.75) is 21.4 Å². The van der Waals surface area contributed by atoms with Gasteiger partial charge in [-0.05, 0) is 12.1 Å². The fourth-order valence-corrected chi connectivity index (χ4v) is 6.34. The Kier molecular flexibility index (Phi) is 3.82. The minimum absolute atomic E-state index is 0.00136. The smallest absolute Gasteiger partial charge is 0.334 e. The van der Waals surface area contributed by atoms with Crippen LogP contribution in [0.2, 0.25) is 0 Å². The molecule has 3 heterocycles. The molecule has 0 saturated carbocycles. The lowest BCUT2D eigenvalue weighted by Crippen LogP contribution is -2.51. The number of aliphatic carboxylic acids is 1. The van der Waals surface area contributed by atoms with E-state index in [-0.39, 0.29) is 16.5 Å². The van der Waals surface area contributed by atoms with Gasteiger partial charge in [0.25, 0.3) is 0 Å². The third-order valence-electron chi connectivity index (χ3n) is 3.77. The van der Waals surface area contributed by atoms with Crippen molar-refractivity contribution in [3.8, 4) is 0 Å². The van der Waals surface area contributed by atoms with E-state index < -0.39 is 5.97 Å². The molecule has 0 radical (unpaired) electrons. The predicted molar refractivity (Wildman–Crippen MR) is 92.7 cm³/mol. The number of hydrogen-bond donors (Lipinski definition) is 1. The van der Waals surface area contributed by atoms with E-state index in [0.29, 0.717) is 17.7 Å². The van der Waals surface area contributed by atoms with Gasteiger partial charge >= 0.3 is 5.97 Å². The van der Waals surface area contributed by atoms with Crippen LogP contribution in [-0.2, 0) is 9.59 Å². The molecule has 23 heavy (non-hydrogen) atoms. The molecule has 2 aromatic rings. The molecule has 2 atom stereocenters. The number of thiazole rings is 1. The van der Waals surface area contributed by atoms with Crippen molar-refractivity contribution in [1.82, 2.24) is 9.88 Å². The summed E-state index contributed by atoms with van der Waals surface area (Å²) in [4.78, 5) is 29.0. The second-order valence-corrected chi connectivity index (χ2v) is 8.92. The maximum absolute atomic E-state index is 11.5. The Bertz CT molecular complexity index is 799. The minimum atomic E-state index is -0.953. The number of amides is 1. The number of fused-ring (bicyclic) bond motifs is 2. The van der Waals surface area contributed by atoms with E-state index in [1.54, 1.807) is 34.9 Å². The second-order valence-electron chi connectivity index (χ2n) is 5.23. The molecule has 1 unspecified atom stereocenters. The number of para-hydroxylation sites is 1. The molecule has 1 fully saturated rings. The maximum atomic E-state index is 11.5. The van der Waals surface area contributed by atoms with Crippen LogP contribution >= 0.6 is 34.9 Å². The fraction of sp³-hybridized carbons (Fsp3) is 0.267. The standard InChI is InChI=1S/C15H12N2O3S3/c18-12-5-13-17(12)6-8(14(19)20)11(22-13)7-21-15-16-9-3-1-2-4-10(9)23-15/h1-4,6,11,13H,5,7H2,(H,19,20)/t11?,13-/m1/s1. The first-order chi connectivity index (χ1) is 11.1. The number of hydrogen-bond acceptors (Lipinski definition) is 6. The van der Waals surface area contributed by atoms with Gasteiger partial charge in [-0.2, -0.15) is 0 Å². The summed E-state index contributed by atoms with van der Waals surface area (Å²) in [6.07, 6.45) is 2.01. The van der Waals surface area contributed by atoms with Crippen LogP contribution in [0.5, 0.6) is 0 Å². The van der Waals surface area contributed by atoms with Gasteiger partial charge in [0.15, 0.2) is 4.34 Å². The number of aromatic nitrogens is 1. The second kappa shape index (κ2) is 5.85. The van der Waals surface area contributed by atoms with Crippen LogP contribution in [0, 0.1) is 0 Å². The number of carboxylic acid groups (broad SMARTS) is 1. The van der Waals surface area contributed by atoms with E-state index in [1.165, 1.54) is 11.1 Å². The zero-order chi connectivity index (χ0) is 16.0. The van der Waals surface area contributed by atoms with Gasteiger partial charge in [-0.15, -0.1) is 23.1 Å². The highest BCUT2D eigenvalue weighted by Gasteiger charge is 2.43. The zero-order valence-electron chi connectivity index (χ0n) is 11.8. The van der Waals surface area contributed by atoms with Crippen molar-refractivity contribution < 1.29 is 14.7 Å². The van der Waals surface area contributed by atoms with Gasteiger partial charge < -0.3 is 10.0 Å². The zero-order valence-corrected chi connectivity index (χ0v) is 14.3. The molecule has 0 bridgehead atoms. The van der Waals surface area contributed by atoms with Crippen molar-refractivity contribution in [1.29, 1.82) is 0 Å². The summed E-state index contributed by atoms with van der Waals surface area (Å²) in [6.45, 7) is 0. The largest absolute Gasteiger partial charge is 0.478 e. The summed E-state index contributed by atoms with van der Waals surface area (Å²) < 4.78 is 2.08. The number of thioether (sulfide) groups is 2. The Balaban J connectivity index is 1.51. The molecule has 1 aromatic heterocycles. The van der Waals surface area contributed by atoms with Gasteiger partial charge in [-0.1, -0.05) is 23.9 Å². The van der Waals surface area contributed by atoms with E-state index in [9.17, 15) is 14.7 Å². The van der Waals surface area contributed by atoms with Gasteiger partial charge in [0.05, 0.1) is 27.6 Å². The van der Waals surface area contributed by atoms with Crippen LogP contribution in [0.25, 0.3) is 10.2 Å². The number of carbonyl (C=O) groups excluding carboxylic acids is 1. The lowest BCUT2D eigenvalue weighted by atomic mass is 10.1. The number of carbonyl (C=O) groups is 2. The molecular weight excluding hydrogens is 352 g/mol. The first kappa shape index (κ1) is 15.0. The molecule has 5 nitrogen and oxygen atoms in total. The van der Waals surface area contributed by atoms with Crippen molar-refractivity contribution in [3.63, 3.8) is 0 Å². The lowest BCUT2D eigenvalue weighted by molar-refractivity contribution is -0.138. The summed E-state index contributed by atoms with van der Waals surface area (Å²) in [6, 6.07) is 7.96. The molecule has 0 spiro atoms. The summed E-state index contributed by atoms with van der Waals surface area (Å²) in [7, 11) is 0. The quantitative estimate of drug-likeness (QED) is 0.664. The average Bonchev–Trinajstić information content (AvgIpc) is 2.94. The monoisotopic (exact) mass is 364 g/mol. The van der Waals surface area contributed by atoms with Gasteiger partial charge in [0.1, 0.15) is 0 Å². The van der Waals surface area contributed by atoms with Gasteiger partial charge in [-0.3, -0.25) is 4.79 Å². The van der Waals surface area contributed by atoms with Crippen LogP contribution in [0.4, 0.5) is 0 Å². The molecule has 118 valence electrons. The van der Waals surface area contributed by atoms with E-state index >= 15 is 0 Å². The van der Waals surface area contributed by atoms with E-state index in [2.05, 4.69) is 4.98 Å². The Morgan fingerprint density at radius 1 is 1.43 bits per heavy atom. The van der Waals surface area contributed by atoms with Crippen molar-refractivity contribution >= 4 is 57.0 Å². The normalized spacial score (nSPS) is 23.4. The van der Waals surface area contributed by atoms with Crippen LogP contribution < -0.4 is 0 Å². The van der Waals surface area contributed by atoms with E-state index in [1.807, 2.05) is 24.3 Å². The van der Waals surface area contributed by atoms with E-state index in [0.717, 1.165) is 14.6 Å². The number of β-lactam (4-membered cyclic amide) rings is 1. The first-order valence-electron chi connectivity index (χ1n) is 7.02. The molecule has 1 saturated heterocycles. The van der Waals surface area contributed by atoms with Crippen LogP contribution in [0.1, 0.15) is 6.42 Å². The maximum Gasteiger partial charge on any atom is 0.334 e. The van der Waals surface area contributed by atoms with Crippen LogP contribution in [0.15, 0.2) is 40.4 Å². The SMILES string of the molecule is O=C(O)C1=CN2C(=O)C[C@H]2SC1CSc1nc2ccccc2s1. The topological polar surface area (TPSA) is 70.5 Å². The average molecular weight is 364 g/mol. The minimum Gasteiger partial charge on any atom is -0.478 e. The summed E-state index contributed by atoms with van der Waals surface area (Å²) in [5.74, 6) is -0.315. The van der Waals surface area contributed by atoms with Crippen molar-refractivity contribution in [2.75, 3.05) is 5.75 Å². The summed E-state index contributed by atoms with van der Waals surface area (Å²) >= 11 is 4.76. The first-order valence-corrected chi connectivity index (χ1v) is 9.76. The Morgan fingerprint density at radius 3 is 3.00 bits per heavy atom. The highest BCUT2D eigenvalue weighted by atomic mass is 32.2. The van der Waals surface area contributed by atoms with Gasteiger partial charge in [-0.25, -0.2) is 9.78 Å². The Labute approximate surface area is 144 Å². The molecule has 8 heteroatoms. The molecule has 2 aliphatic rings. The number of carboxylic acids is 1. The van der Waals surface area contributed by atoms with Gasteiger partial charge in [0.2, 0.25) is 5.91 Å². The van der Waals surface area contributed by atoms with Gasteiger partial charge in [0, 0.05) is 17.2 Å². The van der Waals surface area contributed by atoms with Crippen molar-refractivity contribution in [2.24, 2.45) is 0 Å². The third kappa shape index (κ3) is 2.75. The Hall–Kier alpha value is -1.51. The molecule has 0 aliphatic carbocycles. The summed E-state index contributed by atoms with van der Waals surface area (Å²) in [5.41, 5.74) is 1.27. The number of benzene rings is 1. The molecule has 2 aliphatic heterocycles. The third-order valence-corrected chi connectivity index (χ3v) is 7.71. The molecular formula is C15H12N2O3S3. The van der Waals surface area contributed by atoms with Crippen molar-refractivity contribution in [3.05, 3.63) is 36.0 Å². The highest BCUT2D eigenvalue weighted by molar-refractivity contribution is 8.04. The van der Waals surface area contributed by atoms with E-state index in [4.69, 9.17) is 0 Å². The number of nitrogens with zero attached hydrogens (tertiary/aromatic N) is 2. The Morgan fingerprint density at radius 2 is 2.26 bits per heavy atom. The highest BCUT2D eigenvalue weighted by Crippen LogP contribution is 2.42. The number of rotatable bonds is 4. The fourth-order valence-electron chi connectivity index (χ4n) is 2.55. The molecule has 1 amide bonds. The van der Waals surface area contributed by atoms with Crippen LogP contribution in [-0.4, -0.2) is 43.2 Å². The molecule has 4 rings (SSSR count). The van der Waals surface area contributed by atoms with Crippen LogP contribution in [0.3, 0.4) is 0 Å². The summed E-state index contributed by atoms with van der Waals surface area (Å²) in [5, 5.41) is 9.36.